The summed E-state index contributed by atoms with van der Waals surface area (Å²) in [7, 11) is -3.44. The fourth-order valence-electron chi connectivity index (χ4n) is 1.32. The molecule has 1 aromatic rings. The smallest absolute Gasteiger partial charge is 0.156 e. The van der Waals surface area contributed by atoms with Crippen molar-refractivity contribution in [2.45, 2.75) is 18.6 Å². The first-order chi connectivity index (χ1) is 7.61. The van der Waals surface area contributed by atoms with Gasteiger partial charge >= 0.3 is 0 Å². The third kappa shape index (κ3) is 2.50. The van der Waals surface area contributed by atoms with Gasteiger partial charge in [-0.3, -0.25) is 4.79 Å². The highest BCUT2D eigenvalue weighted by Gasteiger charge is 2.34. The van der Waals surface area contributed by atoms with Crippen molar-refractivity contribution in [2.75, 3.05) is 6.26 Å². The molecule has 0 amide bonds. The molecule has 0 aromatic heterocycles. The molecule has 0 N–H and O–H groups in total. The van der Waals surface area contributed by atoms with Gasteiger partial charge in [-0.05, 0) is 31.5 Å². The molecule has 0 radical (unpaired) electrons. The van der Waals surface area contributed by atoms with E-state index in [1.807, 2.05) is 0 Å². The van der Waals surface area contributed by atoms with E-state index in [1.165, 1.54) is 19.9 Å². The predicted octanol–water partition coefficient (Wildman–Crippen LogP) is 2.57. The first-order valence-corrected chi connectivity index (χ1v) is 7.02. The zero-order valence-electron chi connectivity index (χ0n) is 9.62. The monoisotopic (exact) mass is 278 g/mol. The minimum atomic E-state index is -3.44. The molecule has 17 heavy (non-hydrogen) atoms. The number of sulfone groups is 1. The second kappa shape index (κ2) is 4.38. The van der Waals surface area contributed by atoms with Crippen molar-refractivity contribution in [1.82, 2.24) is 0 Å². The van der Waals surface area contributed by atoms with Crippen LogP contribution >= 0.6 is 11.6 Å². The van der Waals surface area contributed by atoms with E-state index >= 15 is 0 Å². The van der Waals surface area contributed by atoms with E-state index in [9.17, 15) is 17.6 Å². The number of carbonyl (C=O) groups excluding carboxylic acids is 1. The highest BCUT2D eigenvalue weighted by atomic mass is 35.5. The van der Waals surface area contributed by atoms with Crippen molar-refractivity contribution < 1.29 is 17.6 Å². The van der Waals surface area contributed by atoms with Crippen LogP contribution in [0.1, 0.15) is 29.8 Å². The first kappa shape index (κ1) is 14.1. The molecule has 1 rings (SSSR count). The van der Waals surface area contributed by atoms with Gasteiger partial charge in [0.15, 0.2) is 16.1 Å². The number of aldehydes is 1. The van der Waals surface area contributed by atoms with Gasteiger partial charge in [-0.1, -0.05) is 11.6 Å². The molecule has 0 heterocycles. The van der Waals surface area contributed by atoms with E-state index in [-0.39, 0.29) is 16.1 Å². The average Bonchev–Trinajstić information content (AvgIpc) is 2.15. The Balaban J connectivity index is 3.58. The van der Waals surface area contributed by atoms with Crippen molar-refractivity contribution in [3.8, 4) is 0 Å². The summed E-state index contributed by atoms with van der Waals surface area (Å²) in [6, 6.07) is 2.12. The SMILES string of the molecule is CC(C)(c1cc(C=O)c(F)cc1Cl)S(C)(=O)=O. The van der Waals surface area contributed by atoms with Crippen LogP contribution in [0.2, 0.25) is 5.02 Å². The summed E-state index contributed by atoms with van der Waals surface area (Å²) in [4.78, 5) is 10.6. The molecule has 0 spiro atoms. The Kier molecular flexibility index (Phi) is 3.64. The number of carbonyl (C=O) groups is 1. The average molecular weight is 279 g/mol. The van der Waals surface area contributed by atoms with Crippen LogP contribution in [0.3, 0.4) is 0 Å². The van der Waals surface area contributed by atoms with Gasteiger partial charge in [0.05, 0.1) is 10.3 Å². The van der Waals surface area contributed by atoms with Gasteiger partial charge in [-0.2, -0.15) is 0 Å². The molecule has 6 heteroatoms. The summed E-state index contributed by atoms with van der Waals surface area (Å²) >= 11 is 5.83. The lowest BCUT2D eigenvalue weighted by atomic mass is 10.00. The minimum absolute atomic E-state index is 0.0106. The molecule has 0 fully saturated rings. The number of hydrogen-bond donors (Lipinski definition) is 0. The summed E-state index contributed by atoms with van der Waals surface area (Å²) in [5.41, 5.74) is 0.00583. The van der Waals surface area contributed by atoms with Gasteiger partial charge in [-0.25, -0.2) is 12.8 Å². The second-order valence-electron chi connectivity index (χ2n) is 4.25. The maximum Gasteiger partial charge on any atom is 0.156 e. The zero-order chi connectivity index (χ0) is 13.4. The summed E-state index contributed by atoms with van der Waals surface area (Å²) in [6.45, 7) is 2.91. The van der Waals surface area contributed by atoms with Crippen LogP contribution in [0, 0.1) is 5.82 Å². The van der Waals surface area contributed by atoms with Crippen molar-refractivity contribution in [2.24, 2.45) is 0 Å². The van der Waals surface area contributed by atoms with Crippen molar-refractivity contribution in [1.29, 1.82) is 0 Å². The number of benzene rings is 1. The summed E-state index contributed by atoms with van der Waals surface area (Å²) in [6.07, 6.45) is 1.39. The van der Waals surface area contributed by atoms with Gasteiger partial charge in [-0.15, -0.1) is 0 Å². The summed E-state index contributed by atoms with van der Waals surface area (Å²) < 4.78 is 35.3. The highest BCUT2D eigenvalue weighted by Crippen LogP contribution is 2.35. The molecule has 0 unspecified atom stereocenters. The Morgan fingerprint density at radius 1 is 1.35 bits per heavy atom. The van der Waals surface area contributed by atoms with Gasteiger partial charge in [0.2, 0.25) is 0 Å². The normalized spacial score (nSPS) is 12.5. The zero-order valence-corrected chi connectivity index (χ0v) is 11.2. The molecule has 0 aliphatic heterocycles. The van der Waals surface area contributed by atoms with Crippen LogP contribution in [0.5, 0.6) is 0 Å². The van der Waals surface area contributed by atoms with Crippen molar-refractivity contribution in [3.05, 3.63) is 34.1 Å². The lowest BCUT2D eigenvalue weighted by Gasteiger charge is -2.24. The van der Waals surface area contributed by atoms with E-state index in [0.717, 1.165) is 12.3 Å². The highest BCUT2D eigenvalue weighted by molar-refractivity contribution is 7.91. The third-order valence-corrected chi connectivity index (χ3v) is 5.18. The van der Waals surface area contributed by atoms with Crippen LogP contribution in [0.25, 0.3) is 0 Å². The Morgan fingerprint density at radius 2 is 1.88 bits per heavy atom. The maximum absolute atomic E-state index is 13.3. The van der Waals surface area contributed by atoms with Crippen LogP contribution in [0.15, 0.2) is 12.1 Å². The molecule has 3 nitrogen and oxygen atoms in total. The second-order valence-corrected chi connectivity index (χ2v) is 7.23. The Morgan fingerprint density at radius 3 is 2.29 bits per heavy atom. The van der Waals surface area contributed by atoms with Crippen LogP contribution < -0.4 is 0 Å². The van der Waals surface area contributed by atoms with Crippen LogP contribution in [0.4, 0.5) is 4.39 Å². The van der Waals surface area contributed by atoms with E-state index in [2.05, 4.69) is 0 Å². The Labute approximate surface area is 105 Å². The third-order valence-electron chi connectivity index (χ3n) is 2.79. The lowest BCUT2D eigenvalue weighted by molar-refractivity contribution is 0.111. The molecule has 0 aliphatic rings. The minimum Gasteiger partial charge on any atom is -0.298 e. The van der Waals surface area contributed by atoms with E-state index in [4.69, 9.17) is 11.6 Å². The van der Waals surface area contributed by atoms with E-state index in [0.29, 0.717) is 6.29 Å². The van der Waals surface area contributed by atoms with Gasteiger partial charge in [0, 0.05) is 11.3 Å². The van der Waals surface area contributed by atoms with Crippen LogP contribution in [-0.4, -0.2) is 21.0 Å². The molecule has 94 valence electrons. The quantitative estimate of drug-likeness (QED) is 0.799. The topological polar surface area (TPSA) is 51.2 Å². The van der Waals surface area contributed by atoms with Crippen LogP contribution in [-0.2, 0) is 14.6 Å². The van der Waals surface area contributed by atoms with Gasteiger partial charge < -0.3 is 0 Å². The first-order valence-electron chi connectivity index (χ1n) is 4.75. The largest absolute Gasteiger partial charge is 0.298 e. The fraction of sp³-hybridized carbons (Fsp3) is 0.364. The molecular weight excluding hydrogens is 267 g/mol. The lowest BCUT2D eigenvalue weighted by Crippen LogP contribution is -2.28. The molecule has 0 saturated heterocycles. The number of halogens is 2. The number of hydrogen-bond acceptors (Lipinski definition) is 3. The summed E-state index contributed by atoms with van der Waals surface area (Å²) in [5.74, 6) is -0.766. The molecule has 0 saturated carbocycles. The Hall–Kier alpha value is -0.940. The molecule has 0 bridgehead atoms. The molecule has 0 atom stereocenters. The van der Waals surface area contributed by atoms with Gasteiger partial charge in [0.25, 0.3) is 0 Å². The maximum atomic E-state index is 13.3. The molecule has 1 aromatic carbocycles. The Bertz CT molecular complexity index is 564. The standard InChI is InChI=1S/C11H12ClFO3S/c1-11(2,17(3,15)16)8-4-7(6-14)10(13)5-9(8)12/h4-6H,1-3H3. The van der Waals surface area contributed by atoms with E-state index < -0.39 is 20.4 Å². The van der Waals surface area contributed by atoms with Crippen molar-refractivity contribution in [3.63, 3.8) is 0 Å². The molecular formula is C11H12ClFO3S. The van der Waals surface area contributed by atoms with Gasteiger partial charge in [0.1, 0.15) is 5.82 Å². The summed E-state index contributed by atoms with van der Waals surface area (Å²) in [5, 5.41) is -0.0106. The fourth-order valence-corrected chi connectivity index (χ4v) is 2.33. The van der Waals surface area contributed by atoms with Crippen molar-refractivity contribution >= 4 is 27.7 Å². The molecule has 0 aliphatic carbocycles. The van der Waals surface area contributed by atoms with E-state index in [1.54, 1.807) is 0 Å². The predicted molar refractivity (Wildman–Crippen MR) is 64.7 cm³/mol. The number of rotatable bonds is 3.